The third kappa shape index (κ3) is 3.44. The molecular formula is C25H27N5O3. The minimum Gasteiger partial charge on any atom is -0.486 e. The monoisotopic (exact) mass is 445 g/mol. The largest absolute Gasteiger partial charge is 0.486 e. The second-order valence-corrected chi connectivity index (χ2v) is 9.28. The highest BCUT2D eigenvalue weighted by molar-refractivity contribution is 5.77. The highest BCUT2D eigenvalue weighted by atomic mass is 16.6. The van der Waals surface area contributed by atoms with E-state index in [-0.39, 0.29) is 23.9 Å². The van der Waals surface area contributed by atoms with Gasteiger partial charge in [-0.05, 0) is 48.2 Å². The summed E-state index contributed by atoms with van der Waals surface area (Å²) in [6.07, 6.45) is 4.51. The van der Waals surface area contributed by atoms with E-state index in [1.165, 1.54) is 23.2 Å². The predicted octanol–water partition coefficient (Wildman–Crippen LogP) is 3.53. The number of hydrogen-bond donors (Lipinski definition) is 0. The van der Waals surface area contributed by atoms with Crippen LogP contribution in [0.15, 0.2) is 42.5 Å². The van der Waals surface area contributed by atoms with Crippen molar-refractivity contribution >= 4 is 5.91 Å². The Hall–Kier alpha value is -3.42. The standard InChI is InChI=1S/C25H27N5O3/c1-17-19-13-21-22(33-12-11-32-21)14-20(19)25(9-5-6-10-25)16-29(17)23(31)15-30-27-24(26-28-30)18-7-3-2-4-8-18/h2-4,7-8,13-14,17H,5-6,9-12,15-16H2,1H3. The van der Waals surface area contributed by atoms with E-state index in [0.717, 1.165) is 35.5 Å². The van der Waals surface area contributed by atoms with Crippen molar-refractivity contribution in [3.63, 3.8) is 0 Å². The topological polar surface area (TPSA) is 82.4 Å². The zero-order chi connectivity index (χ0) is 22.4. The average Bonchev–Trinajstić information content (AvgIpc) is 3.52. The molecule has 2 aromatic carbocycles. The summed E-state index contributed by atoms with van der Waals surface area (Å²) in [6, 6.07) is 13.9. The van der Waals surface area contributed by atoms with Gasteiger partial charge in [-0.1, -0.05) is 43.2 Å². The fourth-order valence-electron chi connectivity index (χ4n) is 5.63. The molecule has 3 heterocycles. The molecule has 1 fully saturated rings. The van der Waals surface area contributed by atoms with Gasteiger partial charge in [-0.3, -0.25) is 4.79 Å². The fraction of sp³-hybridized carbons (Fsp3) is 0.440. The van der Waals surface area contributed by atoms with Gasteiger partial charge in [-0.2, -0.15) is 4.80 Å². The molecule has 170 valence electrons. The first-order valence-electron chi connectivity index (χ1n) is 11.7. The summed E-state index contributed by atoms with van der Waals surface area (Å²) in [4.78, 5) is 16.9. The summed E-state index contributed by atoms with van der Waals surface area (Å²) < 4.78 is 11.8. The van der Waals surface area contributed by atoms with E-state index < -0.39 is 0 Å². The summed E-state index contributed by atoms with van der Waals surface area (Å²) >= 11 is 0. The Morgan fingerprint density at radius 1 is 1.09 bits per heavy atom. The van der Waals surface area contributed by atoms with Crippen LogP contribution in [0, 0.1) is 0 Å². The summed E-state index contributed by atoms with van der Waals surface area (Å²) in [5.74, 6) is 2.14. The summed E-state index contributed by atoms with van der Waals surface area (Å²) in [5.41, 5.74) is 3.34. The van der Waals surface area contributed by atoms with Crippen molar-refractivity contribution < 1.29 is 14.3 Å². The van der Waals surface area contributed by atoms with Gasteiger partial charge in [0.05, 0.1) is 6.04 Å². The van der Waals surface area contributed by atoms with Gasteiger partial charge in [-0.25, -0.2) is 0 Å². The number of carbonyl (C=O) groups is 1. The summed E-state index contributed by atoms with van der Waals surface area (Å²) in [5, 5.41) is 12.7. The van der Waals surface area contributed by atoms with E-state index >= 15 is 0 Å². The molecule has 3 aromatic rings. The smallest absolute Gasteiger partial charge is 0.246 e. The molecule has 33 heavy (non-hydrogen) atoms. The van der Waals surface area contributed by atoms with Gasteiger partial charge in [-0.15, -0.1) is 10.2 Å². The molecule has 0 radical (unpaired) electrons. The molecule has 1 aliphatic carbocycles. The number of ether oxygens (including phenoxy) is 2. The maximum Gasteiger partial charge on any atom is 0.246 e. The van der Waals surface area contributed by atoms with Crippen molar-refractivity contribution in [3.8, 4) is 22.9 Å². The van der Waals surface area contributed by atoms with Crippen molar-refractivity contribution in [3.05, 3.63) is 53.6 Å². The van der Waals surface area contributed by atoms with Crippen molar-refractivity contribution in [2.75, 3.05) is 19.8 Å². The molecule has 1 spiro atoms. The molecule has 0 saturated heterocycles. The van der Waals surface area contributed by atoms with Gasteiger partial charge >= 0.3 is 0 Å². The molecule has 1 unspecified atom stereocenters. The van der Waals surface area contributed by atoms with Crippen molar-refractivity contribution in [1.29, 1.82) is 0 Å². The molecule has 8 nitrogen and oxygen atoms in total. The van der Waals surface area contributed by atoms with Crippen LogP contribution in [-0.4, -0.2) is 50.8 Å². The number of rotatable bonds is 3. The molecule has 0 N–H and O–H groups in total. The Kier molecular flexibility index (Phi) is 4.81. The lowest BCUT2D eigenvalue weighted by molar-refractivity contribution is -0.136. The molecule has 2 aliphatic heterocycles. The Balaban J connectivity index is 1.30. The number of benzene rings is 2. The van der Waals surface area contributed by atoms with Gasteiger partial charge in [0.2, 0.25) is 11.7 Å². The minimum atomic E-state index is -0.0633. The quantitative estimate of drug-likeness (QED) is 0.614. The molecule has 3 aliphatic rings. The molecule has 1 amide bonds. The SMILES string of the molecule is CC1c2cc3c(cc2C2(CCCC2)CN1C(=O)Cn1nnc(-c2ccccc2)n1)OCCO3. The van der Waals surface area contributed by atoms with Crippen LogP contribution in [0.4, 0.5) is 0 Å². The molecule has 1 saturated carbocycles. The van der Waals surface area contributed by atoms with Gasteiger partial charge in [0, 0.05) is 17.5 Å². The second kappa shape index (κ2) is 7.86. The number of nitrogens with zero attached hydrogens (tertiary/aromatic N) is 5. The van der Waals surface area contributed by atoms with E-state index in [1.807, 2.05) is 35.2 Å². The van der Waals surface area contributed by atoms with Crippen LogP contribution < -0.4 is 9.47 Å². The van der Waals surface area contributed by atoms with Crippen LogP contribution in [0.5, 0.6) is 11.5 Å². The predicted molar refractivity (Wildman–Crippen MR) is 121 cm³/mol. The van der Waals surface area contributed by atoms with Crippen LogP contribution in [0.2, 0.25) is 0 Å². The lowest BCUT2D eigenvalue weighted by Crippen LogP contribution is -2.49. The molecule has 8 heteroatoms. The number of amides is 1. The van der Waals surface area contributed by atoms with E-state index in [9.17, 15) is 4.79 Å². The van der Waals surface area contributed by atoms with Gasteiger partial charge < -0.3 is 14.4 Å². The van der Waals surface area contributed by atoms with Gasteiger partial charge in [0.1, 0.15) is 19.8 Å². The summed E-state index contributed by atoms with van der Waals surface area (Å²) in [7, 11) is 0. The third-order valence-corrected chi connectivity index (χ3v) is 7.32. The average molecular weight is 446 g/mol. The third-order valence-electron chi connectivity index (χ3n) is 7.32. The Bertz CT molecular complexity index is 1190. The minimum absolute atomic E-state index is 0.00586. The van der Waals surface area contributed by atoms with E-state index in [4.69, 9.17) is 9.47 Å². The van der Waals surface area contributed by atoms with Crippen molar-refractivity contribution in [2.45, 2.75) is 50.6 Å². The zero-order valence-corrected chi connectivity index (χ0v) is 18.7. The summed E-state index contributed by atoms with van der Waals surface area (Å²) in [6.45, 7) is 4.00. The maximum absolute atomic E-state index is 13.5. The molecule has 0 bridgehead atoms. The van der Waals surface area contributed by atoms with Crippen LogP contribution in [0.3, 0.4) is 0 Å². The van der Waals surface area contributed by atoms with Crippen LogP contribution >= 0.6 is 0 Å². The Morgan fingerprint density at radius 2 is 1.82 bits per heavy atom. The Labute approximate surface area is 192 Å². The zero-order valence-electron chi connectivity index (χ0n) is 18.7. The molecular weight excluding hydrogens is 418 g/mol. The number of tetrazole rings is 1. The fourth-order valence-corrected chi connectivity index (χ4v) is 5.63. The van der Waals surface area contributed by atoms with Crippen LogP contribution in [-0.2, 0) is 16.8 Å². The van der Waals surface area contributed by atoms with Crippen LogP contribution in [0.1, 0.15) is 49.8 Å². The van der Waals surface area contributed by atoms with Gasteiger partial charge in [0.15, 0.2) is 11.5 Å². The molecule has 6 rings (SSSR count). The maximum atomic E-state index is 13.5. The molecule has 1 atom stereocenters. The van der Waals surface area contributed by atoms with E-state index in [0.29, 0.717) is 25.6 Å². The number of carbonyl (C=O) groups excluding carboxylic acids is 1. The normalized spacial score (nSPS) is 20.6. The van der Waals surface area contributed by atoms with Crippen molar-refractivity contribution in [2.24, 2.45) is 0 Å². The number of hydrogen-bond acceptors (Lipinski definition) is 6. The molecule has 1 aromatic heterocycles. The highest BCUT2D eigenvalue weighted by Crippen LogP contribution is 2.51. The van der Waals surface area contributed by atoms with E-state index in [2.05, 4.69) is 34.5 Å². The second-order valence-electron chi connectivity index (χ2n) is 9.28. The van der Waals surface area contributed by atoms with Crippen molar-refractivity contribution in [1.82, 2.24) is 25.1 Å². The first-order chi connectivity index (χ1) is 16.1. The highest BCUT2D eigenvalue weighted by Gasteiger charge is 2.46. The lowest BCUT2D eigenvalue weighted by atomic mass is 9.71. The first kappa shape index (κ1) is 20.2. The van der Waals surface area contributed by atoms with Crippen LogP contribution in [0.25, 0.3) is 11.4 Å². The van der Waals surface area contributed by atoms with Gasteiger partial charge in [0.25, 0.3) is 0 Å². The number of fused-ring (bicyclic) bond motifs is 3. The Morgan fingerprint density at radius 3 is 2.58 bits per heavy atom. The number of aromatic nitrogens is 4. The lowest BCUT2D eigenvalue weighted by Gasteiger charge is -2.46. The first-order valence-corrected chi connectivity index (χ1v) is 11.7. The van der Waals surface area contributed by atoms with E-state index in [1.54, 1.807) is 0 Å².